The van der Waals surface area contributed by atoms with Gasteiger partial charge < -0.3 is 10.6 Å². The Morgan fingerprint density at radius 3 is 2.71 bits per heavy atom. The first-order chi connectivity index (χ1) is 11.7. The molecule has 0 bridgehead atoms. The van der Waals surface area contributed by atoms with Crippen molar-refractivity contribution >= 4 is 23.5 Å². The van der Waals surface area contributed by atoms with Gasteiger partial charge in [-0.2, -0.15) is 5.10 Å². The van der Waals surface area contributed by atoms with E-state index in [1.807, 2.05) is 19.2 Å². The summed E-state index contributed by atoms with van der Waals surface area (Å²) in [5.74, 6) is 1.72. The Bertz CT molecular complexity index is 842. The molecule has 0 fully saturated rings. The second-order valence-electron chi connectivity index (χ2n) is 5.06. The van der Waals surface area contributed by atoms with E-state index in [1.54, 1.807) is 42.3 Å². The van der Waals surface area contributed by atoms with E-state index in [1.165, 1.54) is 0 Å². The van der Waals surface area contributed by atoms with E-state index >= 15 is 0 Å². The lowest BCUT2D eigenvalue weighted by molar-refractivity contribution is -0.115. The average molecular weight is 323 g/mol. The largest absolute Gasteiger partial charge is 0.311 e. The number of carbonyl (C=O) groups is 1. The van der Waals surface area contributed by atoms with E-state index in [0.29, 0.717) is 18.2 Å². The molecule has 0 spiro atoms. The second kappa shape index (κ2) is 6.86. The van der Waals surface area contributed by atoms with Gasteiger partial charge in [0.25, 0.3) is 0 Å². The van der Waals surface area contributed by atoms with Gasteiger partial charge in [0.1, 0.15) is 11.6 Å². The van der Waals surface area contributed by atoms with Crippen molar-refractivity contribution in [3.05, 3.63) is 42.9 Å². The predicted molar refractivity (Wildman–Crippen MR) is 90.7 cm³/mol. The summed E-state index contributed by atoms with van der Waals surface area (Å²) < 4.78 is 1.70. The van der Waals surface area contributed by atoms with Crippen LogP contribution in [0.4, 0.5) is 17.6 Å². The van der Waals surface area contributed by atoms with E-state index < -0.39 is 0 Å². The third kappa shape index (κ3) is 3.54. The van der Waals surface area contributed by atoms with Crippen LogP contribution in [0.5, 0.6) is 0 Å². The van der Waals surface area contributed by atoms with Gasteiger partial charge >= 0.3 is 0 Å². The number of carbonyl (C=O) groups excluding carboxylic acids is 1. The predicted octanol–water partition coefficient (Wildman–Crippen LogP) is 2.36. The molecule has 0 aliphatic heterocycles. The molecule has 3 aromatic rings. The Hall–Kier alpha value is -3.29. The van der Waals surface area contributed by atoms with Crippen molar-refractivity contribution in [1.82, 2.24) is 24.7 Å². The quantitative estimate of drug-likeness (QED) is 0.748. The molecular weight excluding hydrogens is 306 g/mol. The summed E-state index contributed by atoms with van der Waals surface area (Å²) in [5, 5.41) is 9.91. The van der Waals surface area contributed by atoms with Crippen LogP contribution in [0, 0.1) is 0 Å². The number of nitrogens with one attached hydrogen (secondary N) is 2. The summed E-state index contributed by atoms with van der Waals surface area (Å²) in [7, 11) is 1.83. The third-order valence-electron chi connectivity index (χ3n) is 3.36. The summed E-state index contributed by atoms with van der Waals surface area (Å²) in [6, 6.07) is 7.24. The molecule has 0 radical (unpaired) electrons. The van der Waals surface area contributed by atoms with Crippen LogP contribution >= 0.6 is 0 Å². The SMILES string of the molecule is CCC(=O)Nc1ccc(-c2ccnc(Nc3ccnn3C)n2)cn1. The molecule has 0 unspecified atom stereocenters. The van der Waals surface area contributed by atoms with Crippen LogP contribution in [0.3, 0.4) is 0 Å². The number of hydrogen-bond donors (Lipinski definition) is 2. The number of aromatic nitrogens is 5. The summed E-state index contributed by atoms with van der Waals surface area (Å²) in [5.41, 5.74) is 1.57. The molecule has 2 N–H and O–H groups in total. The number of pyridine rings is 1. The standard InChI is InChI=1S/C16H17N7O/c1-3-15(24)21-13-5-4-11(10-18-13)12-6-8-17-16(20-12)22-14-7-9-19-23(14)2/h4-10H,3H2,1-2H3,(H,17,20,22)(H,18,21,24). The van der Waals surface area contributed by atoms with Crippen LogP contribution in [0.2, 0.25) is 0 Å². The second-order valence-corrected chi connectivity index (χ2v) is 5.06. The van der Waals surface area contributed by atoms with Crippen LogP contribution in [0.1, 0.15) is 13.3 Å². The Morgan fingerprint density at radius 1 is 1.17 bits per heavy atom. The van der Waals surface area contributed by atoms with Gasteiger partial charge in [-0.3, -0.25) is 9.48 Å². The molecule has 0 saturated carbocycles. The first-order valence-electron chi connectivity index (χ1n) is 7.50. The summed E-state index contributed by atoms with van der Waals surface area (Å²) >= 11 is 0. The number of anilines is 3. The summed E-state index contributed by atoms with van der Waals surface area (Å²) in [4.78, 5) is 24.3. The fourth-order valence-electron chi connectivity index (χ4n) is 2.04. The molecule has 24 heavy (non-hydrogen) atoms. The lowest BCUT2D eigenvalue weighted by Crippen LogP contribution is -2.10. The van der Waals surface area contributed by atoms with E-state index in [9.17, 15) is 4.79 Å². The van der Waals surface area contributed by atoms with Gasteiger partial charge in [0, 0.05) is 37.5 Å². The van der Waals surface area contributed by atoms with Crippen molar-refractivity contribution in [1.29, 1.82) is 0 Å². The lowest BCUT2D eigenvalue weighted by atomic mass is 10.2. The number of hydrogen-bond acceptors (Lipinski definition) is 6. The van der Waals surface area contributed by atoms with Crippen molar-refractivity contribution in [2.24, 2.45) is 7.05 Å². The molecule has 0 aromatic carbocycles. The zero-order valence-electron chi connectivity index (χ0n) is 13.4. The van der Waals surface area contributed by atoms with Gasteiger partial charge in [-0.25, -0.2) is 15.0 Å². The van der Waals surface area contributed by atoms with Crippen LogP contribution in [-0.4, -0.2) is 30.6 Å². The number of rotatable bonds is 5. The van der Waals surface area contributed by atoms with Crippen molar-refractivity contribution in [2.75, 3.05) is 10.6 Å². The molecular formula is C16H17N7O. The molecule has 3 heterocycles. The zero-order chi connectivity index (χ0) is 16.9. The summed E-state index contributed by atoms with van der Waals surface area (Å²) in [6.07, 6.45) is 5.45. The van der Waals surface area contributed by atoms with Gasteiger partial charge in [-0.1, -0.05) is 6.92 Å². The Balaban J connectivity index is 1.78. The van der Waals surface area contributed by atoms with Gasteiger partial charge in [0.15, 0.2) is 0 Å². The maximum absolute atomic E-state index is 11.4. The average Bonchev–Trinajstić information content (AvgIpc) is 3.00. The molecule has 3 rings (SSSR count). The first kappa shape index (κ1) is 15.6. The topological polar surface area (TPSA) is 97.6 Å². The van der Waals surface area contributed by atoms with E-state index in [4.69, 9.17) is 0 Å². The van der Waals surface area contributed by atoms with E-state index in [-0.39, 0.29) is 5.91 Å². The molecule has 8 heteroatoms. The summed E-state index contributed by atoms with van der Waals surface area (Å²) in [6.45, 7) is 1.79. The normalized spacial score (nSPS) is 10.4. The van der Waals surface area contributed by atoms with Crippen molar-refractivity contribution < 1.29 is 4.79 Å². The zero-order valence-corrected chi connectivity index (χ0v) is 13.4. The molecule has 0 saturated heterocycles. The van der Waals surface area contributed by atoms with Crippen LogP contribution in [0.25, 0.3) is 11.3 Å². The molecule has 122 valence electrons. The van der Waals surface area contributed by atoms with Crippen molar-refractivity contribution in [3.8, 4) is 11.3 Å². The van der Waals surface area contributed by atoms with Crippen molar-refractivity contribution in [2.45, 2.75) is 13.3 Å². The molecule has 1 amide bonds. The number of aryl methyl sites for hydroxylation is 1. The minimum absolute atomic E-state index is 0.0695. The highest BCUT2D eigenvalue weighted by Gasteiger charge is 2.06. The molecule has 3 aromatic heterocycles. The fourth-order valence-corrected chi connectivity index (χ4v) is 2.04. The van der Waals surface area contributed by atoms with Crippen molar-refractivity contribution in [3.63, 3.8) is 0 Å². The van der Waals surface area contributed by atoms with Gasteiger partial charge in [0.05, 0.1) is 11.9 Å². The fraction of sp³-hybridized carbons (Fsp3) is 0.188. The minimum atomic E-state index is -0.0695. The van der Waals surface area contributed by atoms with Gasteiger partial charge in [-0.05, 0) is 18.2 Å². The molecule has 0 atom stereocenters. The molecule has 0 aliphatic rings. The molecule has 0 aliphatic carbocycles. The van der Waals surface area contributed by atoms with Gasteiger partial charge in [0.2, 0.25) is 11.9 Å². The number of nitrogens with zero attached hydrogens (tertiary/aromatic N) is 5. The smallest absolute Gasteiger partial charge is 0.228 e. The maximum Gasteiger partial charge on any atom is 0.228 e. The monoisotopic (exact) mass is 323 g/mol. The first-order valence-corrected chi connectivity index (χ1v) is 7.50. The Morgan fingerprint density at radius 2 is 2.04 bits per heavy atom. The van der Waals surface area contributed by atoms with Gasteiger partial charge in [-0.15, -0.1) is 0 Å². The van der Waals surface area contributed by atoms with Crippen LogP contribution < -0.4 is 10.6 Å². The van der Waals surface area contributed by atoms with Crippen LogP contribution in [-0.2, 0) is 11.8 Å². The Labute approximate surface area is 139 Å². The highest BCUT2D eigenvalue weighted by atomic mass is 16.1. The lowest BCUT2D eigenvalue weighted by Gasteiger charge is -2.07. The van der Waals surface area contributed by atoms with E-state index in [0.717, 1.165) is 17.1 Å². The highest BCUT2D eigenvalue weighted by molar-refractivity contribution is 5.89. The number of amides is 1. The highest BCUT2D eigenvalue weighted by Crippen LogP contribution is 2.19. The minimum Gasteiger partial charge on any atom is -0.311 e. The van der Waals surface area contributed by atoms with E-state index in [2.05, 4.69) is 30.7 Å². The Kier molecular flexibility index (Phi) is 4.46. The third-order valence-corrected chi connectivity index (χ3v) is 3.36. The molecule has 8 nitrogen and oxygen atoms in total. The van der Waals surface area contributed by atoms with Crippen LogP contribution in [0.15, 0.2) is 42.9 Å². The maximum atomic E-state index is 11.4.